The summed E-state index contributed by atoms with van der Waals surface area (Å²) in [6.45, 7) is 1.68. The Bertz CT molecular complexity index is 964. The highest BCUT2D eigenvalue weighted by atomic mass is 79.9. The summed E-state index contributed by atoms with van der Waals surface area (Å²) in [6.07, 6.45) is 5.39. The molecule has 0 spiro atoms. The summed E-state index contributed by atoms with van der Waals surface area (Å²) in [5.74, 6) is -0.0203. The van der Waals surface area contributed by atoms with E-state index < -0.39 is 0 Å². The molecule has 1 atom stereocenters. The van der Waals surface area contributed by atoms with Crippen molar-refractivity contribution >= 4 is 45.4 Å². The van der Waals surface area contributed by atoms with E-state index in [1.165, 1.54) is 6.08 Å². The molecule has 2 aromatic rings. The molecule has 1 N–H and O–H groups in total. The summed E-state index contributed by atoms with van der Waals surface area (Å²) < 4.78 is 6.13. The second-order valence-corrected chi connectivity index (χ2v) is 8.66. The molecule has 1 fully saturated rings. The van der Waals surface area contributed by atoms with Crippen molar-refractivity contribution in [2.24, 2.45) is 0 Å². The van der Waals surface area contributed by atoms with Crippen LogP contribution >= 0.6 is 27.5 Å². The van der Waals surface area contributed by atoms with Crippen LogP contribution in [-0.2, 0) is 14.3 Å². The van der Waals surface area contributed by atoms with Gasteiger partial charge in [0.2, 0.25) is 11.8 Å². The first-order valence-corrected chi connectivity index (χ1v) is 11.5. The summed E-state index contributed by atoms with van der Waals surface area (Å²) in [4.78, 5) is 26.2. The molecule has 2 aromatic carbocycles. The van der Waals surface area contributed by atoms with Gasteiger partial charge in [-0.25, -0.2) is 0 Å². The molecule has 0 saturated carbocycles. The fourth-order valence-electron chi connectivity index (χ4n) is 3.78. The van der Waals surface area contributed by atoms with Gasteiger partial charge in [-0.15, -0.1) is 0 Å². The van der Waals surface area contributed by atoms with E-state index in [4.69, 9.17) is 16.3 Å². The highest BCUT2D eigenvalue weighted by Crippen LogP contribution is 2.36. The molecular formula is C24H26BrClN2O3. The van der Waals surface area contributed by atoms with Crippen LogP contribution in [0.3, 0.4) is 0 Å². The molecule has 0 aromatic heterocycles. The van der Waals surface area contributed by atoms with Crippen LogP contribution in [0.2, 0.25) is 5.02 Å². The highest BCUT2D eigenvalue weighted by Gasteiger charge is 2.30. The summed E-state index contributed by atoms with van der Waals surface area (Å²) in [5.41, 5.74) is 2.70. The van der Waals surface area contributed by atoms with E-state index in [-0.39, 0.29) is 17.9 Å². The number of benzene rings is 2. The zero-order chi connectivity index (χ0) is 22.2. The first-order valence-electron chi connectivity index (χ1n) is 10.3. The normalized spacial score (nSPS) is 16.3. The number of nitrogens with one attached hydrogen (secondary N) is 1. The van der Waals surface area contributed by atoms with Crippen LogP contribution in [0.15, 0.2) is 53.0 Å². The first kappa shape index (κ1) is 23.5. The Kier molecular flexibility index (Phi) is 8.69. The largest absolute Gasteiger partial charge is 0.383 e. The van der Waals surface area contributed by atoms with Crippen LogP contribution in [-0.4, -0.2) is 49.6 Å². The number of ether oxygens (including phenoxy) is 1. The van der Waals surface area contributed by atoms with Gasteiger partial charge in [0, 0.05) is 47.8 Å². The van der Waals surface area contributed by atoms with Gasteiger partial charge in [0.25, 0.3) is 0 Å². The van der Waals surface area contributed by atoms with Crippen LogP contribution in [0.5, 0.6) is 0 Å². The van der Waals surface area contributed by atoms with E-state index in [1.807, 2.05) is 47.4 Å². The van der Waals surface area contributed by atoms with Gasteiger partial charge >= 0.3 is 0 Å². The Labute approximate surface area is 196 Å². The van der Waals surface area contributed by atoms with Crippen molar-refractivity contribution in [2.45, 2.75) is 25.3 Å². The predicted octanol–water partition coefficient (Wildman–Crippen LogP) is 4.93. The maximum atomic E-state index is 12.3. The summed E-state index contributed by atoms with van der Waals surface area (Å²) in [7, 11) is 1.65. The number of amides is 2. The standard InChI is InChI=1S/C24H26BrClN2O3/c1-31-16-18-11-13-23(30)28(18)15-5-14-27-22(29)12-10-17-6-4-9-21(26)24(17)19-7-2-3-8-20(19)25/h2-4,6-10,12,18H,5,11,13-16H2,1H3,(H,27,29)/b12-10+/t18-/m0/s1. The number of likely N-dealkylation sites (tertiary alicyclic amines) is 1. The Morgan fingerprint density at radius 2 is 2.10 bits per heavy atom. The van der Waals surface area contributed by atoms with Crippen molar-refractivity contribution < 1.29 is 14.3 Å². The second-order valence-electron chi connectivity index (χ2n) is 7.40. The van der Waals surface area contributed by atoms with Crippen molar-refractivity contribution in [1.82, 2.24) is 10.2 Å². The lowest BCUT2D eigenvalue weighted by molar-refractivity contribution is -0.129. The summed E-state index contributed by atoms with van der Waals surface area (Å²) in [6, 6.07) is 13.6. The average molecular weight is 506 g/mol. The quantitative estimate of drug-likeness (QED) is 0.388. The maximum Gasteiger partial charge on any atom is 0.244 e. The maximum absolute atomic E-state index is 12.3. The van der Waals surface area contributed by atoms with Crippen molar-refractivity contribution in [3.8, 4) is 11.1 Å². The third-order valence-corrected chi connectivity index (χ3v) is 6.30. The molecule has 7 heteroatoms. The zero-order valence-corrected chi connectivity index (χ0v) is 19.8. The molecule has 0 aliphatic carbocycles. The highest BCUT2D eigenvalue weighted by molar-refractivity contribution is 9.10. The fourth-order valence-corrected chi connectivity index (χ4v) is 4.55. The van der Waals surface area contributed by atoms with Gasteiger partial charge in [0.05, 0.1) is 12.6 Å². The van der Waals surface area contributed by atoms with E-state index in [0.717, 1.165) is 27.6 Å². The van der Waals surface area contributed by atoms with Gasteiger partial charge in [-0.05, 0) is 42.2 Å². The van der Waals surface area contributed by atoms with Crippen LogP contribution < -0.4 is 5.32 Å². The van der Waals surface area contributed by atoms with Crippen LogP contribution in [0.1, 0.15) is 24.8 Å². The number of methoxy groups -OCH3 is 1. The van der Waals surface area contributed by atoms with Gasteiger partial charge in [-0.1, -0.05) is 57.9 Å². The van der Waals surface area contributed by atoms with Gasteiger partial charge in [0.15, 0.2) is 0 Å². The lowest BCUT2D eigenvalue weighted by Crippen LogP contribution is -2.38. The van der Waals surface area contributed by atoms with Gasteiger partial charge in [0.1, 0.15) is 0 Å². The lowest BCUT2D eigenvalue weighted by atomic mass is 9.99. The van der Waals surface area contributed by atoms with Crippen LogP contribution in [0.4, 0.5) is 0 Å². The Morgan fingerprint density at radius 3 is 2.87 bits per heavy atom. The molecular weight excluding hydrogens is 480 g/mol. The molecule has 164 valence electrons. The monoisotopic (exact) mass is 504 g/mol. The Morgan fingerprint density at radius 1 is 1.29 bits per heavy atom. The number of carbonyl (C=O) groups excluding carboxylic acids is 2. The van der Waals surface area contributed by atoms with Crippen molar-refractivity contribution in [1.29, 1.82) is 0 Å². The van der Waals surface area contributed by atoms with E-state index in [0.29, 0.717) is 37.6 Å². The SMILES string of the molecule is COC[C@@H]1CCC(=O)N1CCCNC(=O)/C=C/c1cccc(Cl)c1-c1ccccc1Br. The average Bonchev–Trinajstić information content (AvgIpc) is 3.10. The number of rotatable bonds is 9. The summed E-state index contributed by atoms with van der Waals surface area (Å²) >= 11 is 10.0. The third kappa shape index (κ3) is 6.19. The minimum atomic E-state index is -0.181. The Balaban J connectivity index is 1.57. The van der Waals surface area contributed by atoms with Crippen LogP contribution in [0.25, 0.3) is 17.2 Å². The first-order chi connectivity index (χ1) is 15.0. The third-order valence-electron chi connectivity index (χ3n) is 5.29. The molecule has 1 aliphatic rings. The molecule has 3 rings (SSSR count). The molecule has 1 heterocycles. The van der Waals surface area contributed by atoms with E-state index in [9.17, 15) is 9.59 Å². The number of hydrogen-bond acceptors (Lipinski definition) is 3. The summed E-state index contributed by atoms with van der Waals surface area (Å²) in [5, 5.41) is 3.51. The van der Waals surface area contributed by atoms with E-state index in [1.54, 1.807) is 13.2 Å². The Hall–Kier alpha value is -2.15. The van der Waals surface area contributed by atoms with Crippen molar-refractivity contribution in [3.05, 3.63) is 63.6 Å². The molecule has 1 saturated heterocycles. The predicted molar refractivity (Wildman–Crippen MR) is 128 cm³/mol. The molecule has 0 bridgehead atoms. The van der Waals surface area contributed by atoms with E-state index in [2.05, 4.69) is 21.2 Å². The lowest BCUT2D eigenvalue weighted by Gasteiger charge is -2.24. The van der Waals surface area contributed by atoms with Gasteiger partial charge < -0.3 is 15.0 Å². The molecule has 0 unspecified atom stereocenters. The number of carbonyl (C=O) groups is 2. The molecule has 1 aliphatic heterocycles. The topological polar surface area (TPSA) is 58.6 Å². The number of halogens is 2. The van der Waals surface area contributed by atoms with Crippen molar-refractivity contribution in [3.63, 3.8) is 0 Å². The van der Waals surface area contributed by atoms with Crippen molar-refractivity contribution in [2.75, 3.05) is 26.8 Å². The molecule has 31 heavy (non-hydrogen) atoms. The fraction of sp³-hybridized carbons (Fsp3) is 0.333. The minimum absolute atomic E-state index is 0.145. The van der Waals surface area contributed by atoms with Gasteiger partial charge in [-0.3, -0.25) is 9.59 Å². The smallest absolute Gasteiger partial charge is 0.244 e. The molecule has 2 amide bonds. The second kappa shape index (κ2) is 11.5. The molecule has 0 radical (unpaired) electrons. The minimum Gasteiger partial charge on any atom is -0.383 e. The molecule has 5 nitrogen and oxygen atoms in total. The number of hydrogen-bond donors (Lipinski definition) is 1. The zero-order valence-electron chi connectivity index (χ0n) is 17.4. The van der Waals surface area contributed by atoms with Gasteiger partial charge in [-0.2, -0.15) is 0 Å². The number of nitrogens with zero attached hydrogens (tertiary/aromatic N) is 1. The van der Waals surface area contributed by atoms with Crippen LogP contribution in [0, 0.1) is 0 Å². The van der Waals surface area contributed by atoms with E-state index >= 15 is 0 Å².